The van der Waals surface area contributed by atoms with Crippen molar-refractivity contribution in [3.8, 4) is 11.3 Å². The predicted octanol–water partition coefficient (Wildman–Crippen LogP) is 2.94. The largest absolute Gasteiger partial charge is 0.370 e. The molecule has 30 heavy (non-hydrogen) atoms. The number of anilines is 1. The van der Waals surface area contributed by atoms with Gasteiger partial charge in [-0.3, -0.25) is 9.78 Å². The van der Waals surface area contributed by atoms with Gasteiger partial charge in [0.25, 0.3) is 0 Å². The number of rotatable bonds is 8. The summed E-state index contributed by atoms with van der Waals surface area (Å²) in [6.45, 7) is 1.81. The second-order valence-electron chi connectivity index (χ2n) is 7.01. The van der Waals surface area contributed by atoms with Gasteiger partial charge >= 0.3 is 0 Å². The minimum absolute atomic E-state index is 0.219. The minimum atomic E-state index is -0.655. The molecule has 3 heterocycles. The van der Waals surface area contributed by atoms with Crippen molar-refractivity contribution in [3.63, 3.8) is 0 Å². The van der Waals surface area contributed by atoms with Gasteiger partial charge in [-0.05, 0) is 17.7 Å². The molecular weight excluding hydrogens is 380 g/mol. The Morgan fingerprint density at radius 3 is 2.60 bits per heavy atom. The molecule has 7 heteroatoms. The molecule has 1 fully saturated rings. The highest BCUT2D eigenvalue weighted by molar-refractivity contribution is 5.87. The molecule has 1 saturated heterocycles. The molecule has 0 spiro atoms. The van der Waals surface area contributed by atoms with Gasteiger partial charge in [-0.2, -0.15) is 0 Å². The molecule has 1 unspecified atom stereocenters. The van der Waals surface area contributed by atoms with Crippen LogP contribution in [0.4, 0.5) is 5.82 Å². The quantitative estimate of drug-likeness (QED) is 0.599. The van der Waals surface area contributed by atoms with E-state index in [-0.39, 0.29) is 6.29 Å². The lowest BCUT2D eigenvalue weighted by Gasteiger charge is -2.20. The van der Waals surface area contributed by atoms with Crippen LogP contribution in [0.1, 0.15) is 23.5 Å². The van der Waals surface area contributed by atoms with Crippen LogP contribution in [0, 0.1) is 0 Å². The van der Waals surface area contributed by atoms with Gasteiger partial charge in [-0.15, -0.1) is 0 Å². The topological polar surface area (TPSA) is 99.4 Å². The average Bonchev–Trinajstić information content (AvgIpc) is 3.29. The van der Waals surface area contributed by atoms with Crippen molar-refractivity contribution in [1.29, 1.82) is 0 Å². The van der Waals surface area contributed by atoms with Crippen LogP contribution in [-0.4, -0.2) is 41.9 Å². The van der Waals surface area contributed by atoms with E-state index in [9.17, 15) is 4.79 Å². The van der Waals surface area contributed by atoms with Crippen LogP contribution in [0.25, 0.3) is 11.3 Å². The Hall–Kier alpha value is -3.29. The summed E-state index contributed by atoms with van der Waals surface area (Å²) in [6.07, 6.45) is 3.78. The molecule has 2 aromatic heterocycles. The molecule has 154 valence electrons. The molecule has 1 aliphatic heterocycles. The molecule has 0 radical (unpaired) electrons. The number of primary amides is 1. The number of amides is 1. The summed E-state index contributed by atoms with van der Waals surface area (Å²) in [5.74, 6) is -0.498. The fraction of sp³-hybridized carbons (Fsp3) is 0.261. The maximum Gasteiger partial charge on any atom is 0.229 e. The molecule has 7 nitrogen and oxygen atoms in total. The van der Waals surface area contributed by atoms with Crippen LogP contribution in [0.5, 0.6) is 0 Å². The molecule has 3 N–H and O–H groups in total. The standard InChI is InChI=1S/C23H24N4O3/c24-22(28)21(17-7-4-11-25-15-17)18-8-9-19(16-5-2-1-3-6-16)27-23(18)26-12-10-20-29-13-14-30-20/h1-9,11,15,20-21H,10,12-14H2,(H2,24,28)(H,26,27). The van der Waals surface area contributed by atoms with Gasteiger partial charge in [0.15, 0.2) is 6.29 Å². The van der Waals surface area contributed by atoms with E-state index >= 15 is 0 Å². The molecule has 1 atom stereocenters. The Labute approximate surface area is 175 Å². The van der Waals surface area contributed by atoms with Crippen molar-refractivity contribution < 1.29 is 14.3 Å². The summed E-state index contributed by atoms with van der Waals surface area (Å²) in [5, 5.41) is 3.36. The Morgan fingerprint density at radius 2 is 1.90 bits per heavy atom. The first-order valence-corrected chi connectivity index (χ1v) is 9.95. The number of nitrogens with zero attached hydrogens (tertiary/aromatic N) is 2. The molecule has 1 amide bonds. The van der Waals surface area contributed by atoms with Crippen molar-refractivity contribution in [2.75, 3.05) is 25.1 Å². The molecule has 0 aliphatic carbocycles. The number of hydrogen-bond donors (Lipinski definition) is 2. The summed E-state index contributed by atoms with van der Waals surface area (Å²) >= 11 is 0. The van der Waals surface area contributed by atoms with Gasteiger partial charge in [-0.25, -0.2) is 4.98 Å². The van der Waals surface area contributed by atoms with Crippen LogP contribution in [-0.2, 0) is 14.3 Å². The maximum absolute atomic E-state index is 12.4. The highest BCUT2D eigenvalue weighted by Crippen LogP contribution is 2.31. The lowest BCUT2D eigenvalue weighted by molar-refractivity contribution is -0.118. The van der Waals surface area contributed by atoms with Gasteiger partial charge in [-0.1, -0.05) is 42.5 Å². The van der Waals surface area contributed by atoms with Crippen molar-refractivity contribution in [2.45, 2.75) is 18.6 Å². The van der Waals surface area contributed by atoms with Crippen molar-refractivity contribution in [3.05, 3.63) is 78.1 Å². The molecule has 1 aliphatic rings. The van der Waals surface area contributed by atoms with Crippen molar-refractivity contribution >= 4 is 11.7 Å². The first-order chi connectivity index (χ1) is 14.7. The van der Waals surface area contributed by atoms with Crippen LogP contribution < -0.4 is 11.1 Å². The first kappa shape index (κ1) is 20.0. The normalized spacial score (nSPS) is 15.1. The lowest BCUT2D eigenvalue weighted by atomic mass is 9.91. The Morgan fingerprint density at radius 1 is 1.10 bits per heavy atom. The Bertz CT molecular complexity index is 976. The number of carbonyl (C=O) groups is 1. The predicted molar refractivity (Wildman–Crippen MR) is 114 cm³/mol. The summed E-state index contributed by atoms with van der Waals surface area (Å²) in [6, 6.07) is 17.3. The smallest absolute Gasteiger partial charge is 0.229 e. The fourth-order valence-corrected chi connectivity index (χ4v) is 3.54. The highest BCUT2D eigenvalue weighted by Gasteiger charge is 2.25. The van der Waals surface area contributed by atoms with E-state index < -0.39 is 11.8 Å². The van der Waals surface area contributed by atoms with Crippen LogP contribution >= 0.6 is 0 Å². The second kappa shape index (κ2) is 9.47. The maximum atomic E-state index is 12.4. The van der Waals surface area contributed by atoms with E-state index in [0.29, 0.717) is 37.6 Å². The Kier molecular flexibility index (Phi) is 6.32. The third-order valence-corrected chi connectivity index (χ3v) is 4.97. The highest BCUT2D eigenvalue weighted by atomic mass is 16.7. The number of nitrogens with two attached hydrogens (primary N) is 1. The van der Waals surface area contributed by atoms with E-state index in [1.807, 2.05) is 48.5 Å². The number of aromatic nitrogens is 2. The van der Waals surface area contributed by atoms with Gasteiger partial charge in [0.2, 0.25) is 5.91 Å². The third kappa shape index (κ3) is 4.64. The second-order valence-corrected chi connectivity index (χ2v) is 7.01. The molecule has 3 aromatic rings. The third-order valence-electron chi connectivity index (χ3n) is 4.97. The van der Waals surface area contributed by atoms with Gasteiger partial charge in [0.05, 0.1) is 24.8 Å². The van der Waals surface area contributed by atoms with Crippen LogP contribution in [0.2, 0.25) is 0 Å². The number of carbonyl (C=O) groups excluding carboxylic acids is 1. The fourth-order valence-electron chi connectivity index (χ4n) is 3.54. The molecule has 1 aromatic carbocycles. The van der Waals surface area contributed by atoms with Gasteiger partial charge in [0.1, 0.15) is 5.82 Å². The Balaban J connectivity index is 1.67. The molecule has 0 bridgehead atoms. The van der Waals surface area contributed by atoms with Crippen LogP contribution in [0.3, 0.4) is 0 Å². The van der Waals surface area contributed by atoms with Crippen LogP contribution in [0.15, 0.2) is 67.0 Å². The lowest BCUT2D eigenvalue weighted by Crippen LogP contribution is -2.24. The number of pyridine rings is 2. The van der Waals surface area contributed by atoms with Gasteiger partial charge in [0, 0.05) is 36.5 Å². The van der Waals surface area contributed by atoms with E-state index in [4.69, 9.17) is 20.2 Å². The summed E-state index contributed by atoms with van der Waals surface area (Å²) in [7, 11) is 0. The zero-order valence-corrected chi connectivity index (χ0v) is 16.5. The summed E-state index contributed by atoms with van der Waals surface area (Å²) in [5.41, 5.74) is 9.02. The zero-order chi connectivity index (χ0) is 20.8. The van der Waals surface area contributed by atoms with E-state index in [2.05, 4.69) is 10.3 Å². The molecule has 0 saturated carbocycles. The van der Waals surface area contributed by atoms with E-state index in [1.165, 1.54) is 0 Å². The van der Waals surface area contributed by atoms with Crippen molar-refractivity contribution in [2.24, 2.45) is 5.73 Å². The first-order valence-electron chi connectivity index (χ1n) is 9.95. The number of ether oxygens (including phenoxy) is 2. The average molecular weight is 404 g/mol. The summed E-state index contributed by atoms with van der Waals surface area (Å²) < 4.78 is 11.0. The minimum Gasteiger partial charge on any atom is -0.370 e. The number of hydrogen-bond acceptors (Lipinski definition) is 6. The van der Waals surface area contributed by atoms with Gasteiger partial charge < -0.3 is 20.5 Å². The number of benzene rings is 1. The zero-order valence-electron chi connectivity index (χ0n) is 16.5. The van der Waals surface area contributed by atoms with Crippen molar-refractivity contribution in [1.82, 2.24) is 9.97 Å². The molecule has 4 rings (SSSR count). The summed E-state index contributed by atoms with van der Waals surface area (Å²) in [4.78, 5) is 21.3. The van der Waals surface area contributed by atoms with E-state index in [1.54, 1.807) is 18.5 Å². The SMILES string of the molecule is NC(=O)C(c1cccnc1)c1ccc(-c2ccccc2)nc1NCCC1OCCO1. The monoisotopic (exact) mass is 404 g/mol. The number of nitrogens with one attached hydrogen (secondary N) is 1. The van der Waals surface area contributed by atoms with E-state index in [0.717, 1.165) is 16.8 Å². The molecular formula is C23H24N4O3.